The molecule has 0 nitrogen and oxygen atoms in total. The zero-order valence-corrected chi connectivity index (χ0v) is 23.2. The van der Waals surface area contributed by atoms with E-state index in [2.05, 4.69) is 109 Å². The fourth-order valence-corrected chi connectivity index (χ4v) is 3.68. The molecule has 0 amide bonds. The van der Waals surface area contributed by atoms with Crippen molar-refractivity contribution in [3.05, 3.63) is 103 Å². The van der Waals surface area contributed by atoms with Crippen LogP contribution in [0.3, 0.4) is 0 Å². The molecule has 0 N–H and O–H groups in total. The number of rotatable bonds is 1. The van der Waals surface area contributed by atoms with E-state index in [1.54, 1.807) is 0 Å². The van der Waals surface area contributed by atoms with Gasteiger partial charge in [-0.15, -0.1) is 47.0 Å². The van der Waals surface area contributed by atoms with E-state index in [1.165, 1.54) is 73.1 Å². The molecule has 0 aromatic heterocycles. The second-order valence-electron chi connectivity index (χ2n) is 7.40. The van der Waals surface area contributed by atoms with Crippen LogP contribution in [0.1, 0.15) is 38.8 Å². The molecule has 0 bridgehead atoms. The second kappa shape index (κ2) is 13.1. The Labute approximate surface area is 202 Å². The van der Waals surface area contributed by atoms with E-state index < -0.39 is 0 Å². The fourth-order valence-electron chi connectivity index (χ4n) is 3.68. The van der Waals surface area contributed by atoms with Gasteiger partial charge in [0.15, 0.2) is 0 Å². The van der Waals surface area contributed by atoms with E-state index in [0.29, 0.717) is 5.92 Å². The molecule has 0 spiro atoms. The summed E-state index contributed by atoms with van der Waals surface area (Å²) in [5.74, 6) is 0.560. The van der Waals surface area contributed by atoms with Gasteiger partial charge in [0.05, 0.1) is 0 Å². The number of allylic oxidation sites excluding steroid dienone is 4. The van der Waals surface area contributed by atoms with E-state index >= 15 is 0 Å². The summed E-state index contributed by atoms with van der Waals surface area (Å²) < 4.78 is 0. The van der Waals surface area contributed by atoms with Crippen LogP contribution < -0.4 is 0 Å². The van der Waals surface area contributed by atoms with Gasteiger partial charge in [-0.2, -0.15) is 11.1 Å². The van der Waals surface area contributed by atoms with Gasteiger partial charge < -0.3 is 14.9 Å². The van der Waals surface area contributed by atoms with E-state index in [1.807, 2.05) is 0 Å². The average Bonchev–Trinajstić information content (AvgIpc) is 3.26. The summed E-state index contributed by atoms with van der Waals surface area (Å²) in [5, 5.41) is 2.78. The van der Waals surface area contributed by atoms with Crippen molar-refractivity contribution < 1.29 is 23.3 Å². The summed E-state index contributed by atoms with van der Waals surface area (Å²) in [7, 11) is 0. The van der Waals surface area contributed by atoms with Crippen molar-refractivity contribution in [1.82, 2.24) is 0 Å². The minimum atomic E-state index is 0. The molecule has 0 saturated heterocycles. The molecule has 3 aromatic carbocycles. The van der Waals surface area contributed by atoms with Crippen molar-refractivity contribution in [1.29, 1.82) is 0 Å². The van der Waals surface area contributed by atoms with Gasteiger partial charge in [0.1, 0.15) is 0 Å². The van der Waals surface area contributed by atoms with Gasteiger partial charge >= 0.3 is 30.2 Å². The summed E-state index contributed by atoms with van der Waals surface area (Å²) in [6.45, 7) is 16.1. The minimum absolute atomic E-state index is 0. The predicted octanol–water partition coefficient (Wildman–Crippen LogP) is 8.08. The number of fused-ring (bicyclic) bond motifs is 1. The van der Waals surface area contributed by atoms with Crippen LogP contribution in [0.2, 0.25) is 0 Å². The van der Waals surface area contributed by atoms with Gasteiger partial charge in [0.25, 0.3) is 0 Å². The monoisotopic (exact) mass is 488 g/mol. The van der Waals surface area contributed by atoms with Crippen LogP contribution >= 0.6 is 0 Å². The van der Waals surface area contributed by atoms with Gasteiger partial charge in [-0.05, 0) is 6.92 Å². The molecule has 0 fully saturated rings. The molecule has 30 heavy (non-hydrogen) atoms. The van der Waals surface area contributed by atoms with E-state index in [-0.39, 0.29) is 14.9 Å². The van der Waals surface area contributed by atoms with E-state index in [9.17, 15) is 0 Å². The molecule has 1 aliphatic rings. The fraction of sp³-hybridized carbons (Fsp3) is 0.250. The van der Waals surface area contributed by atoms with Crippen LogP contribution in [-0.2, 0) is 23.3 Å². The first kappa shape index (κ1) is 28.6. The van der Waals surface area contributed by atoms with E-state index in [4.69, 9.17) is 0 Å². The Morgan fingerprint density at radius 2 is 1.43 bits per heavy atom. The third-order valence-corrected chi connectivity index (χ3v) is 5.68. The first-order chi connectivity index (χ1) is 13.4. The molecule has 1 aliphatic carbocycles. The van der Waals surface area contributed by atoms with Crippen LogP contribution in [0.4, 0.5) is 0 Å². The zero-order chi connectivity index (χ0) is 20.8. The molecule has 0 saturated carbocycles. The second-order valence-corrected chi connectivity index (χ2v) is 7.40. The molecule has 2 radical (unpaired) electrons. The SMILES string of the molecule is CC1=[C-]C(C)C(C)=C1C.Cc1ccc(C)c2c(-c3ccccc3)c[cH-]c12.[CH3-].[CH3-].[Si]=[Zr]. The summed E-state index contributed by atoms with van der Waals surface area (Å²) in [4.78, 5) is 0. The van der Waals surface area contributed by atoms with Crippen molar-refractivity contribution in [3.63, 3.8) is 0 Å². The molecule has 0 heterocycles. The summed E-state index contributed by atoms with van der Waals surface area (Å²) in [6.07, 6.45) is 3.36. The molecule has 2 heteroatoms. The topological polar surface area (TPSA) is 0 Å². The Morgan fingerprint density at radius 3 is 1.90 bits per heavy atom. The summed E-state index contributed by atoms with van der Waals surface area (Å²) in [6, 6.07) is 19.5. The normalized spacial score (nSPS) is 14.4. The predicted molar refractivity (Wildman–Crippen MR) is 133 cm³/mol. The Balaban J connectivity index is 0.000000558. The van der Waals surface area contributed by atoms with Crippen molar-refractivity contribution in [2.75, 3.05) is 0 Å². The van der Waals surface area contributed by atoms with Crippen LogP contribution in [0.5, 0.6) is 0 Å². The molecular formula is C28H34SiZr-4. The Hall–Kier alpha value is -1.37. The third-order valence-electron chi connectivity index (χ3n) is 5.68. The average molecular weight is 490 g/mol. The summed E-state index contributed by atoms with van der Waals surface area (Å²) >= 11 is 1.36. The molecule has 3 aromatic rings. The van der Waals surface area contributed by atoms with Crippen molar-refractivity contribution in [2.24, 2.45) is 5.92 Å². The summed E-state index contributed by atoms with van der Waals surface area (Å²) in [5.41, 5.74) is 9.61. The van der Waals surface area contributed by atoms with E-state index in [0.717, 1.165) is 0 Å². The van der Waals surface area contributed by atoms with Gasteiger partial charge in [-0.25, -0.2) is 5.57 Å². The first-order valence-corrected chi connectivity index (χ1v) is 13.8. The third kappa shape index (κ3) is 6.32. The first-order valence-electron chi connectivity index (χ1n) is 9.64. The van der Waals surface area contributed by atoms with Crippen LogP contribution in [0.15, 0.2) is 71.3 Å². The van der Waals surface area contributed by atoms with Gasteiger partial charge in [0, 0.05) is 0 Å². The van der Waals surface area contributed by atoms with Crippen molar-refractivity contribution in [2.45, 2.75) is 41.5 Å². The molecule has 4 rings (SSSR count). The molecule has 0 aliphatic heterocycles. The number of benzene rings is 2. The number of aryl methyl sites for hydroxylation is 2. The van der Waals surface area contributed by atoms with Crippen molar-refractivity contribution in [3.8, 4) is 11.1 Å². The maximum absolute atomic E-state index is 3.36. The van der Waals surface area contributed by atoms with Crippen molar-refractivity contribution >= 4 is 17.7 Å². The number of hydrogen-bond acceptors (Lipinski definition) is 0. The van der Waals surface area contributed by atoms with Crippen LogP contribution in [0.25, 0.3) is 21.9 Å². The zero-order valence-electron chi connectivity index (χ0n) is 19.8. The number of hydrogen-bond donors (Lipinski definition) is 0. The van der Waals surface area contributed by atoms with Crippen LogP contribution in [-0.4, -0.2) is 6.88 Å². The standard InChI is InChI=1S/C17H15.C9H13.2CH3.Si.Zr/c1-12-8-9-13(2)17-15(12)10-11-16(17)14-6-4-3-5-7-14;1-6-5-7(2)9(4)8(6)3;;;;/h3-11H,1-2H3;6H,1-4H3;2*1H3;;/q4*-1;;. The van der Waals surface area contributed by atoms with Gasteiger partial charge in [-0.3, -0.25) is 6.08 Å². The molecule has 158 valence electrons. The molecule has 1 atom stereocenters. The maximum atomic E-state index is 3.36. The van der Waals surface area contributed by atoms with Gasteiger partial charge in [0.2, 0.25) is 0 Å². The van der Waals surface area contributed by atoms with Crippen LogP contribution in [0, 0.1) is 40.7 Å². The Morgan fingerprint density at radius 1 is 0.867 bits per heavy atom. The molecule has 1 unspecified atom stereocenters. The Kier molecular flexibility index (Phi) is 12.5. The van der Waals surface area contributed by atoms with Gasteiger partial charge in [-0.1, -0.05) is 81.1 Å². The Bertz CT molecular complexity index is 1010. The molecular weight excluding hydrogens is 456 g/mol. The quantitative estimate of drug-likeness (QED) is 0.239.